The molecule has 0 bridgehead atoms. The molecule has 0 saturated carbocycles. The van der Waals surface area contributed by atoms with E-state index in [0.29, 0.717) is 29.1 Å². The molecule has 0 atom stereocenters. The van der Waals surface area contributed by atoms with E-state index in [2.05, 4.69) is 10.3 Å². The zero-order chi connectivity index (χ0) is 19.6. The molecule has 1 aliphatic carbocycles. The first-order chi connectivity index (χ1) is 12.8. The van der Waals surface area contributed by atoms with Gasteiger partial charge in [0.05, 0.1) is 17.8 Å². The standard InChI is InChI=1S/C19H15ClF3N3O/c1-24-17-13(19(21,22)23)11-16(12-7-3-2-4-8-12)26(18(17)27)25-15-10-6-5-9-14(15)20/h2-4,7-8,11,25H,5-6,9-10H2. The van der Waals surface area contributed by atoms with Crippen molar-refractivity contribution in [3.8, 4) is 11.3 Å². The highest BCUT2D eigenvalue weighted by molar-refractivity contribution is 6.30. The van der Waals surface area contributed by atoms with Gasteiger partial charge >= 0.3 is 6.18 Å². The van der Waals surface area contributed by atoms with E-state index in [-0.39, 0.29) is 5.69 Å². The van der Waals surface area contributed by atoms with Crippen molar-refractivity contribution < 1.29 is 13.2 Å². The number of halogens is 4. The molecule has 0 saturated heterocycles. The molecule has 1 aromatic heterocycles. The SMILES string of the molecule is [C-]#[N+]c1c(C(F)(F)F)cc(-c2ccccc2)n(NC2=C(Cl)CCCC2)c1=O. The van der Waals surface area contributed by atoms with Crippen LogP contribution in [0, 0.1) is 6.57 Å². The summed E-state index contributed by atoms with van der Waals surface area (Å²) in [5.74, 6) is 0. The van der Waals surface area contributed by atoms with Gasteiger partial charge < -0.3 is 0 Å². The number of alkyl halides is 3. The zero-order valence-corrected chi connectivity index (χ0v) is 14.9. The number of nitrogens with one attached hydrogen (secondary N) is 1. The van der Waals surface area contributed by atoms with Gasteiger partial charge in [-0.3, -0.25) is 10.2 Å². The van der Waals surface area contributed by atoms with Gasteiger partial charge in [0.15, 0.2) is 0 Å². The number of rotatable bonds is 3. The number of hydrogen-bond acceptors (Lipinski definition) is 2. The Hall–Kier alpha value is -2.72. The quantitative estimate of drug-likeness (QED) is 0.684. The van der Waals surface area contributed by atoms with Gasteiger partial charge in [-0.1, -0.05) is 41.9 Å². The van der Waals surface area contributed by atoms with E-state index >= 15 is 0 Å². The number of allylic oxidation sites excluding steroid dienone is 2. The molecule has 2 aromatic rings. The maximum atomic E-state index is 13.4. The third kappa shape index (κ3) is 3.86. The molecule has 0 unspecified atom stereocenters. The third-order valence-electron chi connectivity index (χ3n) is 4.32. The van der Waals surface area contributed by atoms with Crippen LogP contribution in [0.25, 0.3) is 16.1 Å². The van der Waals surface area contributed by atoms with E-state index in [0.717, 1.165) is 23.6 Å². The van der Waals surface area contributed by atoms with Crippen molar-refractivity contribution in [2.45, 2.75) is 31.9 Å². The fourth-order valence-electron chi connectivity index (χ4n) is 2.98. The van der Waals surface area contributed by atoms with Crippen molar-refractivity contribution in [1.82, 2.24) is 4.68 Å². The minimum Gasteiger partial charge on any atom is -0.295 e. The van der Waals surface area contributed by atoms with Crippen molar-refractivity contribution in [1.29, 1.82) is 0 Å². The van der Waals surface area contributed by atoms with Crippen molar-refractivity contribution in [2.24, 2.45) is 0 Å². The lowest BCUT2D eigenvalue weighted by Gasteiger charge is -2.23. The second kappa shape index (κ2) is 7.49. The lowest BCUT2D eigenvalue weighted by atomic mass is 10.0. The van der Waals surface area contributed by atoms with Crippen LogP contribution in [0.15, 0.2) is 51.9 Å². The molecule has 0 amide bonds. The molecule has 27 heavy (non-hydrogen) atoms. The monoisotopic (exact) mass is 393 g/mol. The Morgan fingerprint density at radius 3 is 2.41 bits per heavy atom. The first-order valence-corrected chi connectivity index (χ1v) is 8.65. The van der Waals surface area contributed by atoms with E-state index in [1.54, 1.807) is 30.3 Å². The molecule has 0 fully saturated rings. The fourth-order valence-corrected chi connectivity index (χ4v) is 3.25. The summed E-state index contributed by atoms with van der Waals surface area (Å²) in [6.07, 6.45) is -1.85. The molecule has 1 heterocycles. The number of nitrogens with zero attached hydrogens (tertiary/aromatic N) is 2. The number of aromatic nitrogens is 1. The number of benzene rings is 1. The van der Waals surface area contributed by atoms with Crippen LogP contribution in [0.2, 0.25) is 0 Å². The molecule has 1 aliphatic rings. The normalized spacial score (nSPS) is 14.8. The second-order valence-corrected chi connectivity index (χ2v) is 6.57. The van der Waals surface area contributed by atoms with E-state index in [1.807, 2.05) is 0 Å². The maximum Gasteiger partial charge on any atom is 0.407 e. The summed E-state index contributed by atoms with van der Waals surface area (Å²) < 4.78 is 41.3. The molecule has 3 rings (SSSR count). The predicted molar refractivity (Wildman–Crippen MR) is 98.1 cm³/mol. The molecule has 4 nitrogen and oxygen atoms in total. The summed E-state index contributed by atoms with van der Waals surface area (Å²) >= 11 is 6.22. The molecule has 0 radical (unpaired) electrons. The van der Waals surface area contributed by atoms with Crippen molar-refractivity contribution in [3.63, 3.8) is 0 Å². The number of pyridine rings is 1. The first kappa shape index (κ1) is 19.1. The fraction of sp³-hybridized carbons (Fsp3) is 0.263. The van der Waals surface area contributed by atoms with Gasteiger partial charge in [0.2, 0.25) is 0 Å². The summed E-state index contributed by atoms with van der Waals surface area (Å²) in [7, 11) is 0. The van der Waals surface area contributed by atoms with Crippen LogP contribution in [0.1, 0.15) is 31.2 Å². The predicted octanol–water partition coefficient (Wildman–Crippen LogP) is 5.65. The Bertz CT molecular complexity index is 988. The molecule has 140 valence electrons. The van der Waals surface area contributed by atoms with Gasteiger partial charge in [0.25, 0.3) is 11.2 Å². The van der Waals surface area contributed by atoms with E-state index in [1.165, 1.54) is 0 Å². The van der Waals surface area contributed by atoms with E-state index < -0.39 is 23.0 Å². The van der Waals surface area contributed by atoms with Crippen molar-refractivity contribution >= 4 is 17.3 Å². The molecule has 0 spiro atoms. The van der Waals surface area contributed by atoms with Gasteiger partial charge in [0.1, 0.15) is 0 Å². The molecular formula is C19H15ClF3N3O. The van der Waals surface area contributed by atoms with Gasteiger partial charge in [-0.15, -0.1) is 0 Å². The van der Waals surface area contributed by atoms with Crippen molar-refractivity contribution in [2.75, 3.05) is 5.43 Å². The smallest absolute Gasteiger partial charge is 0.295 e. The van der Waals surface area contributed by atoms with Gasteiger partial charge in [0, 0.05) is 16.3 Å². The summed E-state index contributed by atoms with van der Waals surface area (Å²) in [6.45, 7) is 7.08. The van der Waals surface area contributed by atoms with E-state index in [4.69, 9.17) is 18.2 Å². The Labute approximate surface area is 158 Å². The lowest BCUT2D eigenvalue weighted by molar-refractivity contribution is -0.136. The maximum absolute atomic E-state index is 13.4. The van der Waals surface area contributed by atoms with Gasteiger partial charge in [-0.25, -0.2) is 9.52 Å². The van der Waals surface area contributed by atoms with E-state index in [9.17, 15) is 18.0 Å². The average Bonchev–Trinajstić information content (AvgIpc) is 2.64. The van der Waals surface area contributed by atoms with Crippen LogP contribution in [0.5, 0.6) is 0 Å². The Morgan fingerprint density at radius 2 is 1.81 bits per heavy atom. The van der Waals surface area contributed by atoms with Crippen LogP contribution in [0.3, 0.4) is 0 Å². The summed E-state index contributed by atoms with van der Waals surface area (Å²) in [5, 5.41) is 0.538. The highest BCUT2D eigenvalue weighted by Crippen LogP contribution is 2.37. The van der Waals surface area contributed by atoms with Crippen LogP contribution in [-0.2, 0) is 6.18 Å². The Balaban J connectivity index is 2.28. The Morgan fingerprint density at radius 1 is 1.15 bits per heavy atom. The summed E-state index contributed by atoms with van der Waals surface area (Å²) in [5.41, 5.74) is 0.600. The molecule has 8 heteroatoms. The van der Waals surface area contributed by atoms with Crippen LogP contribution in [0.4, 0.5) is 18.9 Å². The molecular weight excluding hydrogens is 379 g/mol. The number of hydrogen-bond donors (Lipinski definition) is 1. The van der Waals surface area contributed by atoms with Gasteiger partial charge in [-0.05, 0) is 31.7 Å². The minimum atomic E-state index is -4.82. The third-order valence-corrected chi connectivity index (χ3v) is 4.73. The zero-order valence-electron chi connectivity index (χ0n) is 14.1. The minimum absolute atomic E-state index is 0.0165. The Kier molecular flexibility index (Phi) is 5.29. The lowest BCUT2D eigenvalue weighted by Crippen LogP contribution is -2.32. The largest absolute Gasteiger partial charge is 0.407 e. The van der Waals surface area contributed by atoms with Gasteiger partial charge in [-0.2, -0.15) is 13.2 Å². The van der Waals surface area contributed by atoms with Crippen LogP contribution >= 0.6 is 11.6 Å². The first-order valence-electron chi connectivity index (χ1n) is 8.27. The highest BCUT2D eigenvalue weighted by Gasteiger charge is 2.36. The summed E-state index contributed by atoms with van der Waals surface area (Å²) in [6, 6.07) is 9.06. The molecule has 0 aliphatic heterocycles. The highest BCUT2D eigenvalue weighted by atomic mass is 35.5. The van der Waals surface area contributed by atoms with Crippen LogP contribution in [-0.4, -0.2) is 4.68 Å². The molecule has 1 N–H and O–H groups in total. The van der Waals surface area contributed by atoms with Crippen molar-refractivity contribution in [3.05, 3.63) is 74.5 Å². The second-order valence-electron chi connectivity index (χ2n) is 6.11. The average molecular weight is 394 g/mol. The van der Waals surface area contributed by atoms with Crippen LogP contribution < -0.4 is 11.0 Å². The topological polar surface area (TPSA) is 38.4 Å². The summed E-state index contributed by atoms with van der Waals surface area (Å²) in [4.78, 5) is 15.6. The molecule has 1 aromatic carbocycles.